The van der Waals surface area contributed by atoms with Crippen LogP contribution in [0.25, 0.3) is 0 Å². The molecule has 0 saturated heterocycles. The smallest absolute Gasteiger partial charge is 0.231 e. The lowest BCUT2D eigenvalue weighted by atomic mass is 10.1. The molecule has 126 valence electrons. The predicted molar refractivity (Wildman–Crippen MR) is 84.7 cm³/mol. The number of hydrogen-bond donors (Lipinski definition) is 0. The van der Waals surface area contributed by atoms with E-state index in [1.165, 1.54) is 0 Å². The molecule has 1 unspecified atom stereocenters. The van der Waals surface area contributed by atoms with Crippen LogP contribution in [0.2, 0.25) is 0 Å². The molecule has 1 aromatic carbocycles. The predicted octanol–water partition coefficient (Wildman–Crippen LogP) is 1.21. The van der Waals surface area contributed by atoms with Gasteiger partial charge in [0.2, 0.25) is 12.7 Å². The highest BCUT2D eigenvalue weighted by atomic mass is 16.7. The van der Waals surface area contributed by atoms with Gasteiger partial charge in [-0.1, -0.05) is 6.07 Å². The van der Waals surface area contributed by atoms with E-state index in [2.05, 4.69) is 5.10 Å². The molecular formula is C17H19N3O4. The molecule has 1 amide bonds. The largest absolute Gasteiger partial charge is 0.454 e. The number of carbonyl (C=O) groups is 1. The third kappa shape index (κ3) is 2.82. The van der Waals surface area contributed by atoms with Gasteiger partial charge < -0.3 is 19.1 Å². The summed E-state index contributed by atoms with van der Waals surface area (Å²) < 4.78 is 18.1. The third-order valence-electron chi connectivity index (χ3n) is 4.44. The summed E-state index contributed by atoms with van der Waals surface area (Å²) in [6.07, 6.45) is 2.02. The summed E-state index contributed by atoms with van der Waals surface area (Å²) in [6, 6.07) is 7.57. The summed E-state index contributed by atoms with van der Waals surface area (Å²) in [5.74, 6) is 1.49. The van der Waals surface area contributed by atoms with E-state index in [0.717, 1.165) is 17.0 Å². The van der Waals surface area contributed by atoms with Gasteiger partial charge in [0, 0.05) is 19.9 Å². The fourth-order valence-corrected chi connectivity index (χ4v) is 3.09. The highest BCUT2D eigenvalue weighted by molar-refractivity contribution is 5.79. The zero-order valence-electron chi connectivity index (χ0n) is 13.5. The molecule has 7 nitrogen and oxygen atoms in total. The number of ether oxygens (including phenoxy) is 3. The fourth-order valence-electron chi connectivity index (χ4n) is 3.09. The Morgan fingerprint density at radius 1 is 1.29 bits per heavy atom. The van der Waals surface area contributed by atoms with E-state index in [-0.39, 0.29) is 18.8 Å². The van der Waals surface area contributed by atoms with E-state index in [9.17, 15) is 4.79 Å². The molecule has 1 aromatic heterocycles. The van der Waals surface area contributed by atoms with E-state index in [4.69, 9.17) is 14.2 Å². The molecule has 0 radical (unpaired) electrons. The first-order valence-corrected chi connectivity index (χ1v) is 7.92. The number of nitrogens with zero attached hydrogens (tertiary/aromatic N) is 3. The molecule has 0 fully saturated rings. The molecule has 2 aromatic rings. The summed E-state index contributed by atoms with van der Waals surface area (Å²) in [5, 5.41) is 4.30. The van der Waals surface area contributed by atoms with Crippen LogP contribution in [-0.2, 0) is 29.0 Å². The number of amides is 1. The number of carbonyl (C=O) groups excluding carboxylic acids is 1. The van der Waals surface area contributed by atoms with E-state index in [1.807, 2.05) is 33.8 Å². The van der Waals surface area contributed by atoms with E-state index in [1.54, 1.807) is 13.3 Å². The Labute approximate surface area is 139 Å². The van der Waals surface area contributed by atoms with E-state index < -0.39 is 0 Å². The molecule has 0 N–H and O–H groups in total. The molecule has 7 heteroatoms. The number of aromatic nitrogens is 2. The van der Waals surface area contributed by atoms with E-state index >= 15 is 0 Å². The molecule has 0 aliphatic carbocycles. The minimum Gasteiger partial charge on any atom is -0.454 e. The van der Waals surface area contributed by atoms with Crippen LogP contribution in [0.15, 0.2) is 30.5 Å². The number of hydrogen-bond acceptors (Lipinski definition) is 5. The second-order valence-corrected chi connectivity index (χ2v) is 6.00. The minimum absolute atomic E-state index is 0.0607. The monoisotopic (exact) mass is 329 g/mol. The molecule has 0 saturated carbocycles. The van der Waals surface area contributed by atoms with Crippen molar-refractivity contribution in [2.24, 2.45) is 0 Å². The Morgan fingerprint density at radius 3 is 3.04 bits per heavy atom. The Kier molecular flexibility index (Phi) is 3.86. The van der Waals surface area contributed by atoms with Gasteiger partial charge in [0.05, 0.1) is 31.3 Å². The Morgan fingerprint density at radius 2 is 2.17 bits per heavy atom. The van der Waals surface area contributed by atoms with Gasteiger partial charge >= 0.3 is 0 Å². The van der Waals surface area contributed by atoms with E-state index in [0.29, 0.717) is 31.8 Å². The van der Waals surface area contributed by atoms with Crippen molar-refractivity contribution in [3.05, 3.63) is 41.7 Å². The van der Waals surface area contributed by atoms with Gasteiger partial charge in [-0.3, -0.25) is 9.48 Å². The number of fused-ring (bicyclic) bond motifs is 2. The zero-order valence-corrected chi connectivity index (χ0v) is 13.5. The molecule has 1 atom stereocenters. The first-order valence-electron chi connectivity index (χ1n) is 7.92. The van der Waals surface area contributed by atoms with Gasteiger partial charge in [0.1, 0.15) is 0 Å². The van der Waals surface area contributed by atoms with Gasteiger partial charge in [0.15, 0.2) is 11.5 Å². The second-order valence-electron chi connectivity index (χ2n) is 6.00. The van der Waals surface area contributed by atoms with Crippen LogP contribution >= 0.6 is 0 Å². The van der Waals surface area contributed by atoms with Crippen molar-refractivity contribution < 1.29 is 19.0 Å². The van der Waals surface area contributed by atoms with Crippen molar-refractivity contribution in [2.45, 2.75) is 25.6 Å². The molecule has 2 aliphatic heterocycles. The molecular weight excluding hydrogens is 310 g/mol. The quantitative estimate of drug-likeness (QED) is 0.847. The van der Waals surface area contributed by atoms with Crippen molar-refractivity contribution in [1.29, 1.82) is 0 Å². The van der Waals surface area contributed by atoms with Crippen molar-refractivity contribution in [3.8, 4) is 11.5 Å². The molecule has 0 spiro atoms. The van der Waals surface area contributed by atoms with Crippen LogP contribution in [0, 0.1) is 0 Å². The summed E-state index contributed by atoms with van der Waals surface area (Å²) in [5.41, 5.74) is 1.93. The zero-order chi connectivity index (χ0) is 16.5. The molecule has 24 heavy (non-hydrogen) atoms. The second kappa shape index (κ2) is 6.16. The number of methoxy groups -OCH3 is 1. The lowest BCUT2D eigenvalue weighted by Crippen LogP contribution is -2.37. The van der Waals surface area contributed by atoms with Crippen LogP contribution in [0.3, 0.4) is 0 Å². The molecule has 0 bridgehead atoms. The van der Waals surface area contributed by atoms with Gasteiger partial charge in [0.25, 0.3) is 0 Å². The highest BCUT2D eigenvalue weighted by Crippen LogP contribution is 2.32. The number of benzene rings is 1. The van der Waals surface area contributed by atoms with Crippen molar-refractivity contribution in [3.63, 3.8) is 0 Å². The minimum atomic E-state index is -0.0631. The summed E-state index contributed by atoms with van der Waals surface area (Å²) in [4.78, 5) is 14.6. The maximum absolute atomic E-state index is 12.8. The first-order chi connectivity index (χ1) is 11.7. The Hall–Kier alpha value is -2.54. The molecule has 3 heterocycles. The maximum Gasteiger partial charge on any atom is 0.231 e. The summed E-state index contributed by atoms with van der Waals surface area (Å²) in [6.45, 7) is 2.00. The van der Waals surface area contributed by atoms with Crippen molar-refractivity contribution in [2.75, 3.05) is 20.4 Å². The fraction of sp³-hybridized carbons (Fsp3) is 0.412. The van der Waals surface area contributed by atoms with Crippen LogP contribution in [0.5, 0.6) is 11.5 Å². The van der Waals surface area contributed by atoms with Crippen molar-refractivity contribution >= 4 is 5.91 Å². The highest BCUT2D eigenvalue weighted by Gasteiger charge is 2.25. The Balaban J connectivity index is 1.51. The normalized spacial score (nSPS) is 19.0. The van der Waals surface area contributed by atoms with Gasteiger partial charge in [-0.25, -0.2) is 0 Å². The van der Waals surface area contributed by atoms with Gasteiger partial charge in [-0.2, -0.15) is 5.10 Å². The van der Waals surface area contributed by atoms with Crippen LogP contribution in [-0.4, -0.2) is 47.1 Å². The summed E-state index contributed by atoms with van der Waals surface area (Å²) in [7, 11) is 1.67. The van der Waals surface area contributed by atoms with Gasteiger partial charge in [-0.15, -0.1) is 0 Å². The maximum atomic E-state index is 12.8. The van der Waals surface area contributed by atoms with Crippen molar-refractivity contribution in [1.82, 2.24) is 14.7 Å². The van der Waals surface area contributed by atoms with Crippen LogP contribution < -0.4 is 9.47 Å². The molecule has 2 aliphatic rings. The SMILES string of the molecule is COC1CN(C(=O)Cc2ccc3c(c2)OCO3)Cc2ccnn2C1. The van der Waals surface area contributed by atoms with Crippen LogP contribution in [0.4, 0.5) is 0 Å². The average Bonchev–Trinajstić information content (AvgIpc) is 3.18. The van der Waals surface area contributed by atoms with Gasteiger partial charge in [-0.05, 0) is 23.8 Å². The lowest BCUT2D eigenvalue weighted by Gasteiger charge is -2.23. The Bertz CT molecular complexity index is 758. The molecule has 4 rings (SSSR count). The third-order valence-corrected chi connectivity index (χ3v) is 4.44. The van der Waals surface area contributed by atoms with Crippen LogP contribution in [0.1, 0.15) is 11.3 Å². The number of rotatable bonds is 3. The average molecular weight is 329 g/mol. The first kappa shape index (κ1) is 15.0. The topological polar surface area (TPSA) is 65.8 Å². The standard InChI is InChI=1S/C17H19N3O4/c1-22-14-9-19(8-13-4-5-18-20(13)10-14)17(21)7-12-2-3-15-16(6-12)24-11-23-15/h2-6,14H,7-11H2,1H3. The summed E-state index contributed by atoms with van der Waals surface area (Å²) >= 11 is 0. The lowest BCUT2D eigenvalue weighted by molar-refractivity contribution is -0.132.